The van der Waals surface area contributed by atoms with Gasteiger partial charge in [0.05, 0.1) is 12.7 Å². The van der Waals surface area contributed by atoms with Crippen molar-refractivity contribution in [2.75, 3.05) is 13.2 Å². The molecule has 6 N–H and O–H groups in total. The number of hydrogen-bond acceptors (Lipinski definition) is 7. The Hall–Kier alpha value is -0.553. The normalized spacial score (nSPS) is 17.2. The van der Waals surface area contributed by atoms with Gasteiger partial charge in [-0.25, -0.2) is 0 Å². The van der Waals surface area contributed by atoms with E-state index in [1.807, 2.05) is 0 Å². The van der Waals surface area contributed by atoms with Crippen LogP contribution in [0.1, 0.15) is 20.3 Å². The predicted octanol–water partition coefficient (Wildman–Crippen LogP) is -2.34. The number of carboxylic acids is 1. The Kier molecular flexibility index (Phi) is 7.55. The Labute approximate surface area is 106 Å². The molecule has 0 aliphatic heterocycles. The van der Waals surface area contributed by atoms with Crippen molar-refractivity contribution in [3.63, 3.8) is 0 Å². The summed E-state index contributed by atoms with van der Waals surface area (Å²) in [6.07, 6.45) is -0.807. The summed E-state index contributed by atoms with van der Waals surface area (Å²) in [6, 6.07) is -0.802. The van der Waals surface area contributed by atoms with Crippen LogP contribution in [0, 0.1) is 0 Å². The molecule has 0 radical (unpaired) electrons. The zero-order chi connectivity index (χ0) is 14.3. The van der Waals surface area contributed by atoms with E-state index in [0.29, 0.717) is 0 Å². The fraction of sp³-hybridized carbons (Fsp3) is 0.889. The predicted molar refractivity (Wildman–Crippen MR) is 63.5 cm³/mol. The first-order chi connectivity index (χ1) is 8.18. The van der Waals surface area contributed by atoms with Gasteiger partial charge in [0.1, 0.15) is 11.8 Å². The zero-order valence-electron chi connectivity index (χ0n) is 10.4. The lowest BCUT2D eigenvalue weighted by atomic mass is 10.3. The van der Waals surface area contributed by atoms with Gasteiger partial charge in [-0.05, 0) is 13.3 Å². The van der Waals surface area contributed by atoms with Crippen LogP contribution in [0.5, 0.6) is 0 Å². The van der Waals surface area contributed by atoms with Crippen LogP contribution in [-0.4, -0.2) is 70.4 Å². The van der Waals surface area contributed by atoms with E-state index >= 15 is 0 Å². The van der Waals surface area contributed by atoms with Crippen molar-refractivity contribution in [2.24, 2.45) is 0 Å². The Balaban J connectivity index is 3.95. The SMILES string of the molecule is CCC(OCC(O)CNC(C)C(=O)O)[Si](O)(O)O. The van der Waals surface area contributed by atoms with Gasteiger partial charge < -0.3 is 34.7 Å². The molecule has 3 unspecified atom stereocenters. The molecule has 108 valence electrons. The molecule has 0 fully saturated rings. The van der Waals surface area contributed by atoms with Crippen LogP contribution in [-0.2, 0) is 9.53 Å². The van der Waals surface area contributed by atoms with Crippen LogP contribution in [0.25, 0.3) is 0 Å². The summed E-state index contributed by atoms with van der Waals surface area (Å²) in [5, 5.41) is 20.6. The average molecular weight is 283 g/mol. The molecule has 0 aromatic rings. The van der Waals surface area contributed by atoms with Gasteiger partial charge >= 0.3 is 14.8 Å². The number of rotatable bonds is 9. The van der Waals surface area contributed by atoms with Crippen molar-refractivity contribution in [1.29, 1.82) is 0 Å². The molecule has 9 heteroatoms. The van der Waals surface area contributed by atoms with Gasteiger partial charge in [0.15, 0.2) is 0 Å². The molecule has 0 aliphatic carbocycles. The fourth-order valence-electron chi connectivity index (χ4n) is 1.19. The quantitative estimate of drug-likeness (QED) is 0.259. The van der Waals surface area contributed by atoms with Crippen LogP contribution in [0.3, 0.4) is 0 Å². The van der Waals surface area contributed by atoms with Gasteiger partial charge in [0.25, 0.3) is 0 Å². The van der Waals surface area contributed by atoms with Crippen molar-refractivity contribution in [1.82, 2.24) is 5.32 Å². The Morgan fingerprint density at radius 1 is 1.39 bits per heavy atom. The topological polar surface area (TPSA) is 139 Å². The van der Waals surface area contributed by atoms with Gasteiger partial charge in [-0.3, -0.25) is 4.79 Å². The Bertz CT molecular complexity index is 258. The van der Waals surface area contributed by atoms with Gasteiger partial charge in [0, 0.05) is 6.54 Å². The number of hydrogen-bond donors (Lipinski definition) is 6. The first kappa shape index (κ1) is 17.4. The second-order valence-corrected chi connectivity index (χ2v) is 6.06. The van der Waals surface area contributed by atoms with Crippen molar-refractivity contribution in [3.8, 4) is 0 Å². The van der Waals surface area contributed by atoms with Crippen molar-refractivity contribution in [3.05, 3.63) is 0 Å². The Morgan fingerprint density at radius 3 is 2.33 bits per heavy atom. The molecule has 0 bridgehead atoms. The van der Waals surface area contributed by atoms with Crippen molar-refractivity contribution >= 4 is 14.8 Å². The third kappa shape index (κ3) is 7.01. The maximum atomic E-state index is 10.5. The Morgan fingerprint density at radius 2 is 1.94 bits per heavy atom. The highest BCUT2D eigenvalue weighted by Gasteiger charge is 2.39. The van der Waals surface area contributed by atoms with Gasteiger partial charge in [-0.15, -0.1) is 0 Å². The summed E-state index contributed by atoms with van der Waals surface area (Å²) in [6.45, 7) is 2.79. The van der Waals surface area contributed by atoms with E-state index in [1.54, 1.807) is 6.92 Å². The number of nitrogens with one attached hydrogen (secondary N) is 1. The van der Waals surface area contributed by atoms with Crippen LogP contribution < -0.4 is 5.32 Å². The monoisotopic (exact) mass is 283 g/mol. The minimum Gasteiger partial charge on any atom is -0.480 e. The molecule has 0 aromatic carbocycles. The maximum Gasteiger partial charge on any atom is 0.523 e. The highest BCUT2D eigenvalue weighted by molar-refractivity contribution is 6.57. The summed E-state index contributed by atoms with van der Waals surface area (Å²) in [5.41, 5.74) is -1.11. The number of aliphatic carboxylic acids is 1. The summed E-state index contributed by atoms with van der Waals surface area (Å²) in [4.78, 5) is 37.6. The lowest BCUT2D eigenvalue weighted by Gasteiger charge is -2.23. The number of aliphatic hydroxyl groups is 1. The van der Waals surface area contributed by atoms with E-state index in [-0.39, 0.29) is 19.6 Å². The second kappa shape index (κ2) is 7.79. The van der Waals surface area contributed by atoms with Crippen LogP contribution in [0.15, 0.2) is 0 Å². The van der Waals surface area contributed by atoms with Crippen LogP contribution >= 0.6 is 0 Å². The van der Waals surface area contributed by atoms with Crippen LogP contribution in [0.2, 0.25) is 0 Å². The minimum atomic E-state index is -4.36. The van der Waals surface area contributed by atoms with E-state index < -0.39 is 32.6 Å². The molecular formula is C9H21NO7Si. The average Bonchev–Trinajstić information content (AvgIpc) is 2.24. The first-order valence-corrected chi connectivity index (χ1v) is 7.53. The van der Waals surface area contributed by atoms with Gasteiger partial charge in [0.2, 0.25) is 0 Å². The number of carbonyl (C=O) groups is 1. The molecule has 18 heavy (non-hydrogen) atoms. The lowest BCUT2D eigenvalue weighted by molar-refractivity contribution is -0.139. The number of ether oxygens (including phenoxy) is 1. The van der Waals surface area contributed by atoms with E-state index in [0.717, 1.165) is 0 Å². The molecule has 0 rings (SSSR count). The molecule has 0 saturated carbocycles. The number of carboxylic acid groups (broad SMARTS) is 1. The summed E-state index contributed by atoms with van der Waals surface area (Å²) < 4.78 is 4.98. The van der Waals surface area contributed by atoms with E-state index in [9.17, 15) is 9.90 Å². The first-order valence-electron chi connectivity index (χ1n) is 5.61. The standard InChI is InChI=1S/C9H21NO7Si/c1-3-8(18(14,15)16)17-5-7(11)4-10-6(2)9(12)13/h6-8,10-11,14-16H,3-5H2,1-2H3,(H,12,13). The second-order valence-electron chi connectivity index (χ2n) is 4.04. The minimum absolute atomic E-state index is 0.0132. The largest absolute Gasteiger partial charge is 0.523 e. The maximum absolute atomic E-state index is 10.5. The van der Waals surface area contributed by atoms with Crippen molar-refractivity contribution < 1.29 is 34.1 Å². The highest BCUT2D eigenvalue weighted by Crippen LogP contribution is 2.07. The van der Waals surface area contributed by atoms with Gasteiger partial charge in [-0.2, -0.15) is 0 Å². The summed E-state index contributed by atoms with van der Waals surface area (Å²) in [5.74, 6) is -1.04. The van der Waals surface area contributed by atoms with E-state index in [4.69, 9.17) is 24.2 Å². The molecule has 8 nitrogen and oxygen atoms in total. The van der Waals surface area contributed by atoms with E-state index in [2.05, 4.69) is 5.32 Å². The molecule has 3 atom stereocenters. The lowest BCUT2D eigenvalue weighted by Crippen LogP contribution is -2.51. The smallest absolute Gasteiger partial charge is 0.480 e. The molecule has 0 aromatic heterocycles. The van der Waals surface area contributed by atoms with Crippen molar-refractivity contribution in [2.45, 2.75) is 38.1 Å². The third-order valence-corrected chi connectivity index (χ3v) is 3.76. The molecule has 0 saturated heterocycles. The fourth-order valence-corrected chi connectivity index (χ4v) is 2.06. The van der Waals surface area contributed by atoms with Crippen LogP contribution in [0.4, 0.5) is 0 Å². The zero-order valence-corrected chi connectivity index (χ0v) is 11.4. The summed E-state index contributed by atoms with van der Waals surface area (Å²) >= 11 is 0. The third-order valence-electron chi connectivity index (χ3n) is 2.32. The van der Waals surface area contributed by atoms with Gasteiger partial charge in [-0.1, -0.05) is 6.92 Å². The molecular weight excluding hydrogens is 262 g/mol. The summed E-state index contributed by atoms with van der Waals surface area (Å²) in [7, 11) is -4.36. The molecule has 0 amide bonds. The van der Waals surface area contributed by atoms with E-state index in [1.165, 1.54) is 6.92 Å². The molecule has 0 spiro atoms. The highest BCUT2D eigenvalue weighted by atomic mass is 28.4. The molecule has 0 heterocycles. The molecule has 0 aliphatic rings. The number of aliphatic hydroxyl groups excluding tert-OH is 1.